The minimum absolute atomic E-state index is 0.0368. The third kappa shape index (κ3) is 6.41. The molecule has 0 bridgehead atoms. The minimum atomic E-state index is -0.153. The summed E-state index contributed by atoms with van der Waals surface area (Å²) in [4.78, 5) is 27.6. The van der Waals surface area contributed by atoms with Crippen molar-refractivity contribution in [3.05, 3.63) is 54.9 Å². The fraction of sp³-hybridized carbons (Fsp3) is 0.333. The maximum Gasteiger partial charge on any atom is 0.258 e. The van der Waals surface area contributed by atoms with Crippen LogP contribution in [0.15, 0.2) is 54.9 Å². The second-order valence-electron chi connectivity index (χ2n) is 7.51. The Hall–Kier alpha value is -3.68. The summed E-state index contributed by atoms with van der Waals surface area (Å²) in [6, 6.07) is 13.3. The number of amides is 1. The molecule has 0 fully saturated rings. The molecule has 1 aromatic carbocycles. The largest absolute Gasteiger partial charge is 0.484 e. The summed E-state index contributed by atoms with van der Waals surface area (Å²) in [5.41, 5.74) is 2.53. The molecule has 0 atom stereocenters. The van der Waals surface area contributed by atoms with Gasteiger partial charge in [-0.3, -0.25) is 9.78 Å². The zero-order chi connectivity index (χ0) is 22.9. The fourth-order valence-corrected chi connectivity index (χ4v) is 3.14. The van der Waals surface area contributed by atoms with Gasteiger partial charge in [0.2, 0.25) is 5.95 Å². The van der Waals surface area contributed by atoms with Crippen LogP contribution in [0.5, 0.6) is 5.75 Å². The number of rotatable bonds is 10. The van der Waals surface area contributed by atoms with E-state index < -0.39 is 0 Å². The Kier molecular flexibility index (Phi) is 7.96. The molecule has 2 N–H and O–H groups in total. The number of pyridine rings is 1. The van der Waals surface area contributed by atoms with E-state index in [0.29, 0.717) is 17.5 Å². The van der Waals surface area contributed by atoms with Gasteiger partial charge in [-0.15, -0.1) is 0 Å². The van der Waals surface area contributed by atoms with Gasteiger partial charge >= 0.3 is 0 Å². The summed E-state index contributed by atoms with van der Waals surface area (Å²) >= 11 is 0. The zero-order valence-corrected chi connectivity index (χ0v) is 19.0. The molecule has 1 amide bonds. The smallest absolute Gasteiger partial charge is 0.258 e. The van der Waals surface area contributed by atoms with Gasteiger partial charge in [0.25, 0.3) is 5.91 Å². The standard InChI is InChI=1S/C24H30N6O2/c1-5-30(6-2)24-28-21(15-22(29-24)27-19-10-12-25-13-11-19)18-8-7-9-20(14-18)32-16-23(31)26-17(3)4/h7-15,17H,5-6,16H2,1-4H3,(H,26,31)(H,25,27,28,29). The molecule has 0 unspecified atom stereocenters. The number of anilines is 3. The Labute approximate surface area is 189 Å². The number of nitrogens with one attached hydrogen (secondary N) is 2. The first-order valence-corrected chi connectivity index (χ1v) is 10.8. The molecule has 8 nitrogen and oxygen atoms in total. The molecule has 0 aliphatic carbocycles. The molecule has 0 aliphatic heterocycles. The van der Waals surface area contributed by atoms with E-state index in [2.05, 4.69) is 34.4 Å². The number of aromatic nitrogens is 3. The van der Waals surface area contributed by atoms with E-state index in [4.69, 9.17) is 14.7 Å². The summed E-state index contributed by atoms with van der Waals surface area (Å²) in [5, 5.41) is 6.15. The highest BCUT2D eigenvalue weighted by Gasteiger charge is 2.13. The third-order valence-electron chi connectivity index (χ3n) is 4.66. The Morgan fingerprint density at radius 1 is 1.06 bits per heavy atom. The van der Waals surface area contributed by atoms with Crippen LogP contribution in [0.25, 0.3) is 11.3 Å². The summed E-state index contributed by atoms with van der Waals surface area (Å²) in [6.45, 7) is 9.53. The number of hydrogen-bond acceptors (Lipinski definition) is 7. The SMILES string of the molecule is CCN(CC)c1nc(Nc2ccncc2)cc(-c2cccc(OCC(=O)NC(C)C)c2)n1. The molecule has 168 valence electrons. The number of ether oxygens (including phenoxy) is 1. The summed E-state index contributed by atoms with van der Waals surface area (Å²) < 4.78 is 5.69. The van der Waals surface area contributed by atoms with E-state index in [1.54, 1.807) is 12.4 Å². The fourth-order valence-electron chi connectivity index (χ4n) is 3.14. The van der Waals surface area contributed by atoms with Crippen LogP contribution in [0.3, 0.4) is 0 Å². The van der Waals surface area contributed by atoms with E-state index in [-0.39, 0.29) is 18.6 Å². The zero-order valence-electron chi connectivity index (χ0n) is 19.0. The van der Waals surface area contributed by atoms with Crippen molar-refractivity contribution in [1.82, 2.24) is 20.3 Å². The minimum Gasteiger partial charge on any atom is -0.484 e. The van der Waals surface area contributed by atoms with Crippen LogP contribution >= 0.6 is 0 Å². The van der Waals surface area contributed by atoms with E-state index >= 15 is 0 Å². The second-order valence-corrected chi connectivity index (χ2v) is 7.51. The second kappa shape index (κ2) is 11.1. The van der Waals surface area contributed by atoms with E-state index in [1.165, 1.54) is 0 Å². The molecule has 0 saturated heterocycles. The van der Waals surface area contributed by atoms with Gasteiger partial charge in [0.15, 0.2) is 6.61 Å². The van der Waals surface area contributed by atoms with E-state index in [1.807, 2.05) is 56.3 Å². The number of hydrogen-bond donors (Lipinski definition) is 2. The maximum atomic E-state index is 11.9. The predicted octanol–water partition coefficient (Wildman–Crippen LogP) is 4.03. The predicted molar refractivity (Wildman–Crippen MR) is 127 cm³/mol. The first-order chi connectivity index (χ1) is 15.5. The molecule has 0 aliphatic rings. The lowest BCUT2D eigenvalue weighted by molar-refractivity contribution is -0.123. The topological polar surface area (TPSA) is 92.3 Å². The van der Waals surface area contributed by atoms with Crippen molar-refractivity contribution in [2.75, 3.05) is 29.9 Å². The van der Waals surface area contributed by atoms with Crippen LogP contribution in [0.4, 0.5) is 17.5 Å². The molecule has 0 saturated carbocycles. The van der Waals surface area contributed by atoms with Crippen LogP contribution in [0.2, 0.25) is 0 Å². The van der Waals surface area contributed by atoms with Gasteiger partial charge in [-0.1, -0.05) is 12.1 Å². The summed E-state index contributed by atoms with van der Waals surface area (Å²) in [5.74, 6) is 1.78. The van der Waals surface area contributed by atoms with Crippen molar-refractivity contribution in [3.63, 3.8) is 0 Å². The quantitative estimate of drug-likeness (QED) is 0.498. The lowest BCUT2D eigenvalue weighted by Gasteiger charge is -2.20. The van der Waals surface area contributed by atoms with Gasteiger partial charge in [-0.05, 0) is 52.0 Å². The van der Waals surface area contributed by atoms with Crippen molar-refractivity contribution in [2.24, 2.45) is 0 Å². The van der Waals surface area contributed by atoms with Crippen molar-refractivity contribution >= 4 is 23.4 Å². The van der Waals surface area contributed by atoms with E-state index in [0.717, 1.165) is 30.0 Å². The normalized spacial score (nSPS) is 10.7. The number of benzene rings is 1. The van der Waals surface area contributed by atoms with Gasteiger partial charge < -0.3 is 20.3 Å². The highest BCUT2D eigenvalue weighted by atomic mass is 16.5. The Morgan fingerprint density at radius 2 is 1.81 bits per heavy atom. The number of carbonyl (C=O) groups excluding carboxylic acids is 1. The molecule has 8 heteroatoms. The van der Waals surface area contributed by atoms with Gasteiger partial charge in [0.05, 0.1) is 5.69 Å². The monoisotopic (exact) mass is 434 g/mol. The Morgan fingerprint density at radius 3 is 2.50 bits per heavy atom. The lowest BCUT2D eigenvalue weighted by atomic mass is 10.1. The first kappa shape index (κ1) is 23.0. The van der Waals surface area contributed by atoms with Crippen molar-refractivity contribution in [3.8, 4) is 17.0 Å². The molecule has 2 heterocycles. The lowest BCUT2D eigenvalue weighted by Crippen LogP contribution is -2.34. The number of carbonyl (C=O) groups is 1. The average molecular weight is 435 g/mol. The number of nitrogens with zero attached hydrogens (tertiary/aromatic N) is 4. The van der Waals surface area contributed by atoms with Crippen LogP contribution in [0.1, 0.15) is 27.7 Å². The van der Waals surface area contributed by atoms with Gasteiger partial charge in [-0.2, -0.15) is 4.98 Å². The maximum absolute atomic E-state index is 11.9. The first-order valence-electron chi connectivity index (χ1n) is 10.8. The molecular formula is C24H30N6O2. The van der Waals surface area contributed by atoms with Gasteiger partial charge in [0, 0.05) is 48.8 Å². The molecule has 3 rings (SSSR count). The molecule has 0 radical (unpaired) electrons. The highest BCUT2D eigenvalue weighted by molar-refractivity contribution is 5.77. The molecule has 2 aromatic heterocycles. The highest BCUT2D eigenvalue weighted by Crippen LogP contribution is 2.27. The molecule has 0 spiro atoms. The van der Waals surface area contributed by atoms with Gasteiger partial charge in [-0.25, -0.2) is 4.98 Å². The Balaban J connectivity index is 1.89. The van der Waals surface area contributed by atoms with Crippen molar-refractivity contribution < 1.29 is 9.53 Å². The van der Waals surface area contributed by atoms with E-state index in [9.17, 15) is 4.79 Å². The van der Waals surface area contributed by atoms with Crippen LogP contribution in [0, 0.1) is 0 Å². The van der Waals surface area contributed by atoms with Crippen molar-refractivity contribution in [2.45, 2.75) is 33.7 Å². The summed E-state index contributed by atoms with van der Waals surface area (Å²) in [6.07, 6.45) is 3.46. The molecular weight excluding hydrogens is 404 g/mol. The van der Waals surface area contributed by atoms with Crippen LogP contribution in [-0.2, 0) is 4.79 Å². The average Bonchev–Trinajstić information content (AvgIpc) is 2.79. The van der Waals surface area contributed by atoms with Gasteiger partial charge in [0.1, 0.15) is 11.6 Å². The molecule has 3 aromatic rings. The van der Waals surface area contributed by atoms with Crippen LogP contribution < -0.4 is 20.3 Å². The Bertz CT molecular complexity index is 1020. The third-order valence-corrected chi connectivity index (χ3v) is 4.66. The summed E-state index contributed by atoms with van der Waals surface area (Å²) in [7, 11) is 0. The molecule has 32 heavy (non-hydrogen) atoms. The van der Waals surface area contributed by atoms with Crippen molar-refractivity contribution in [1.29, 1.82) is 0 Å². The van der Waals surface area contributed by atoms with Crippen LogP contribution in [-0.4, -0.2) is 46.6 Å².